The Morgan fingerprint density at radius 2 is 1.71 bits per heavy atom. The van der Waals surface area contributed by atoms with E-state index in [1.165, 1.54) is 0 Å². The summed E-state index contributed by atoms with van der Waals surface area (Å²) in [6.07, 6.45) is 0.226. The highest BCUT2D eigenvalue weighted by Gasteiger charge is 2.74. The molecule has 96 valence electrons. The third-order valence-electron chi connectivity index (χ3n) is 5.49. The fraction of sp³-hybridized carbons (Fsp3) is 0.929. The maximum Gasteiger partial charge on any atom is 0.312 e. The van der Waals surface area contributed by atoms with Crippen molar-refractivity contribution in [1.82, 2.24) is 0 Å². The van der Waals surface area contributed by atoms with E-state index in [0.717, 1.165) is 0 Å². The number of carbonyl (C=O) groups excluding carboxylic acids is 1. The molecule has 0 aromatic rings. The van der Waals surface area contributed by atoms with E-state index < -0.39 is 0 Å². The fourth-order valence-electron chi connectivity index (χ4n) is 4.91. The van der Waals surface area contributed by atoms with E-state index in [0.29, 0.717) is 17.8 Å². The molecule has 3 nitrogen and oxygen atoms in total. The molecule has 5 unspecified atom stereocenters. The summed E-state index contributed by atoms with van der Waals surface area (Å²) in [6.45, 7) is 11.0. The zero-order chi connectivity index (χ0) is 12.5. The molecule has 3 fully saturated rings. The minimum absolute atomic E-state index is 0.0168. The molecule has 3 heterocycles. The maximum absolute atomic E-state index is 12.2. The average molecular weight is 238 g/mol. The largest absolute Gasteiger partial charge is 0.459 e. The summed E-state index contributed by atoms with van der Waals surface area (Å²) in [5.74, 6) is 1.17. The van der Waals surface area contributed by atoms with Gasteiger partial charge >= 0.3 is 5.97 Å². The van der Waals surface area contributed by atoms with Crippen LogP contribution in [-0.2, 0) is 14.3 Å². The van der Waals surface area contributed by atoms with E-state index in [9.17, 15) is 4.79 Å². The van der Waals surface area contributed by atoms with E-state index in [4.69, 9.17) is 9.47 Å². The van der Waals surface area contributed by atoms with Gasteiger partial charge in [-0.2, -0.15) is 0 Å². The van der Waals surface area contributed by atoms with Crippen molar-refractivity contribution in [3.8, 4) is 0 Å². The molecular formula is C14H22O3. The van der Waals surface area contributed by atoms with Crippen LogP contribution in [0.4, 0.5) is 0 Å². The fourth-order valence-corrected chi connectivity index (χ4v) is 4.91. The van der Waals surface area contributed by atoms with Gasteiger partial charge in [0.25, 0.3) is 0 Å². The summed E-state index contributed by atoms with van der Waals surface area (Å²) in [6, 6.07) is 0. The lowest BCUT2D eigenvalue weighted by Gasteiger charge is -2.46. The lowest BCUT2D eigenvalue weighted by atomic mass is 9.53. The number of hydrogen-bond donors (Lipinski definition) is 0. The van der Waals surface area contributed by atoms with Crippen LogP contribution in [0.2, 0.25) is 0 Å². The Morgan fingerprint density at radius 3 is 2.24 bits per heavy atom. The Bertz CT molecular complexity index is 352. The summed E-state index contributed by atoms with van der Waals surface area (Å²) in [5, 5.41) is 0. The highest BCUT2D eigenvalue weighted by atomic mass is 16.6. The van der Waals surface area contributed by atoms with Gasteiger partial charge in [-0.05, 0) is 11.8 Å². The first kappa shape index (κ1) is 11.5. The Labute approximate surface area is 103 Å². The van der Waals surface area contributed by atoms with Crippen LogP contribution in [-0.4, -0.2) is 24.3 Å². The molecule has 5 atom stereocenters. The topological polar surface area (TPSA) is 35.5 Å². The molecular weight excluding hydrogens is 216 g/mol. The van der Waals surface area contributed by atoms with E-state index >= 15 is 0 Å². The number of ether oxygens (including phenoxy) is 2. The number of hydrogen-bond acceptors (Lipinski definition) is 3. The van der Waals surface area contributed by atoms with Crippen molar-refractivity contribution < 1.29 is 14.3 Å². The average Bonchev–Trinajstić information content (AvgIpc) is 2.80. The van der Waals surface area contributed by atoms with Crippen molar-refractivity contribution in [1.29, 1.82) is 0 Å². The van der Waals surface area contributed by atoms with Gasteiger partial charge in [0.05, 0.1) is 12.0 Å². The minimum atomic E-state index is -0.0336. The molecule has 0 spiro atoms. The van der Waals surface area contributed by atoms with E-state index in [2.05, 4.69) is 34.6 Å². The number of rotatable bonds is 2. The molecule has 0 saturated carbocycles. The van der Waals surface area contributed by atoms with Crippen molar-refractivity contribution in [2.45, 2.75) is 52.9 Å². The van der Waals surface area contributed by atoms with E-state index in [-0.39, 0.29) is 35.6 Å². The van der Waals surface area contributed by atoms with Gasteiger partial charge in [0.15, 0.2) is 0 Å². The quantitative estimate of drug-likeness (QED) is 0.692. The Balaban J connectivity index is 2.14. The zero-order valence-electron chi connectivity index (χ0n) is 11.3. The van der Waals surface area contributed by atoms with Crippen LogP contribution in [0.15, 0.2) is 0 Å². The van der Waals surface area contributed by atoms with Crippen molar-refractivity contribution >= 4 is 5.97 Å². The zero-order valence-corrected chi connectivity index (χ0v) is 11.3. The minimum Gasteiger partial charge on any atom is -0.459 e. The van der Waals surface area contributed by atoms with Gasteiger partial charge in [0.2, 0.25) is 0 Å². The molecule has 0 radical (unpaired) electrons. The Morgan fingerprint density at radius 1 is 1.12 bits per heavy atom. The molecule has 3 aliphatic rings. The highest BCUT2D eigenvalue weighted by Crippen LogP contribution is 2.64. The van der Waals surface area contributed by atoms with Crippen molar-refractivity contribution in [3.63, 3.8) is 0 Å². The van der Waals surface area contributed by atoms with Crippen LogP contribution in [0, 0.1) is 29.1 Å². The molecule has 0 aromatic heterocycles. The van der Waals surface area contributed by atoms with E-state index in [1.807, 2.05) is 0 Å². The highest BCUT2D eigenvalue weighted by molar-refractivity contribution is 5.78. The number of fused-ring (bicyclic) bond motifs is 1. The van der Waals surface area contributed by atoms with Crippen LogP contribution in [0.5, 0.6) is 0 Å². The monoisotopic (exact) mass is 238 g/mol. The van der Waals surface area contributed by atoms with Gasteiger partial charge in [0.1, 0.15) is 12.2 Å². The van der Waals surface area contributed by atoms with Crippen molar-refractivity contribution in [3.05, 3.63) is 0 Å². The second-order valence-electron chi connectivity index (χ2n) is 6.57. The van der Waals surface area contributed by atoms with Gasteiger partial charge in [-0.25, -0.2) is 0 Å². The van der Waals surface area contributed by atoms with Crippen LogP contribution in [0.3, 0.4) is 0 Å². The predicted octanol–water partition coefficient (Wildman–Crippen LogP) is 2.24. The molecule has 3 aliphatic heterocycles. The lowest BCUT2D eigenvalue weighted by molar-refractivity contribution is -0.147. The number of carbonyl (C=O) groups is 1. The summed E-state index contributed by atoms with van der Waals surface area (Å²) in [4.78, 5) is 12.2. The first-order valence-electron chi connectivity index (χ1n) is 6.78. The van der Waals surface area contributed by atoms with Crippen LogP contribution in [0.1, 0.15) is 34.6 Å². The Hall–Kier alpha value is -0.570. The first-order valence-corrected chi connectivity index (χ1v) is 6.78. The Kier molecular flexibility index (Phi) is 2.20. The normalized spacial score (nSPS) is 46.1. The predicted molar refractivity (Wildman–Crippen MR) is 63.3 cm³/mol. The first-order chi connectivity index (χ1) is 7.92. The number of esters is 1. The molecule has 0 amide bonds. The van der Waals surface area contributed by atoms with Crippen LogP contribution in [0.25, 0.3) is 0 Å². The molecule has 3 heteroatoms. The van der Waals surface area contributed by atoms with Gasteiger partial charge in [-0.1, -0.05) is 34.6 Å². The molecule has 0 aromatic carbocycles. The smallest absolute Gasteiger partial charge is 0.312 e. The van der Waals surface area contributed by atoms with Gasteiger partial charge < -0.3 is 9.47 Å². The lowest BCUT2D eigenvalue weighted by Crippen LogP contribution is -2.53. The second kappa shape index (κ2) is 3.25. The van der Waals surface area contributed by atoms with Crippen molar-refractivity contribution in [2.24, 2.45) is 29.1 Å². The third kappa shape index (κ3) is 1.05. The molecule has 0 N–H and O–H groups in total. The molecule has 3 saturated heterocycles. The molecule has 2 bridgehead atoms. The van der Waals surface area contributed by atoms with Crippen LogP contribution < -0.4 is 0 Å². The van der Waals surface area contributed by atoms with Crippen molar-refractivity contribution in [2.75, 3.05) is 0 Å². The molecule has 0 aliphatic carbocycles. The summed E-state index contributed by atoms with van der Waals surface area (Å²) in [5.41, 5.74) is -0.0336. The summed E-state index contributed by atoms with van der Waals surface area (Å²) >= 11 is 0. The summed E-state index contributed by atoms with van der Waals surface area (Å²) in [7, 11) is 0. The second-order valence-corrected chi connectivity index (χ2v) is 6.57. The van der Waals surface area contributed by atoms with Gasteiger partial charge in [-0.15, -0.1) is 0 Å². The molecule has 3 rings (SSSR count). The SMILES string of the molecule is CC1C2OC(=O)C3C2OC1C3(C(C)C)C(C)C. The standard InChI is InChI=1S/C14H22O3/c1-6(2)14(7(3)4)9-11-10(17-13(9)15)8(5)12(14)16-11/h6-12H,1-5H3. The van der Waals surface area contributed by atoms with Gasteiger partial charge in [-0.3, -0.25) is 4.79 Å². The van der Waals surface area contributed by atoms with E-state index in [1.54, 1.807) is 0 Å². The third-order valence-corrected chi connectivity index (χ3v) is 5.49. The maximum atomic E-state index is 12.2. The molecule has 17 heavy (non-hydrogen) atoms. The van der Waals surface area contributed by atoms with Gasteiger partial charge in [0, 0.05) is 11.3 Å². The summed E-state index contributed by atoms with van der Waals surface area (Å²) < 4.78 is 11.7. The van der Waals surface area contributed by atoms with Crippen LogP contribution >= 0.6 is 0 Å².